The zero-order valence-electron chi connectivity index (χ0n) is 10.5. The summed E-state index contributed by atoms with van der Waals surface area (Å²) in [5.41, 5.74) is 5.60. The van der Waals surface area contributed by atoms with Gasteiger partial charge in [-0.05, 0) is 38.1 Å². The maximum Gasteiger partial charge on any atom is 0.0728 e. The van der Waals surface area contributed by atoms with E-state index in [1.54, 1.807) is 0 Å². The lowest BCUT2D eigenvalue weighted by Crippen LogP contribution is -2.44. The van der Waals surface area contributed by atoms with Gasteiger partial charge in [0, 0.05) is 6.61 Å². The number of hydrogen-bond donors (Lipinski definition) is 1. The number of ether oxygens (including phenoxy) is 1. The van der Waals surface area contributed by atoms with Gasteiger partial charge in [0.05, 0.1) is 5.60 Å². The Morgan fingerprint density at radius 2 is 1.64 bits per heavy atom. The van der Waals surface area contributed by atoms with Crippen molar-refractivity contribution in [2.45, 2.75) is 53.1 Å². The Morgan fingerprint density at radius 3 is 1.93 bits per heavy atom. The minimum absolute atomic E-state index is 0.0219. The Labute approximate surface area is 89.2 Å². The van der Waals surface area contributed by atoms with Crippen LogP contribution in [0.25, 0.3) is 0 Å². The van der Waals surface area contributed by atoms with Crippen LogP contribution in [0.1, 0.15) is 47.5 Å². The smallest absolute Gasteiger partial charge is 0.0728 e. The van der Waals surface area contributed by atoms with E-state index in [2.05, 4.69) is 34.6 Å². The van der Waals surface area contributed by atoms with E-state index in [4.69, 9.17) is 10.5 Å². The third kappa shape index (κ3) is 3.25. The lowest BCUT2D eigenvalue weighted by atomic mass is 9.77. The van der Waals surface area contributed by atoms with E-state index in [-0.39, 0.29) is 5.60 Å². The molecule has 0 saturated carbocycles. The summed E-state index contributed by atoms with van der Waals surface area (Å²) >= 11 is 0. The molecule has 0 amide bonds. The molecule has 0 aliphatic carbocycles. The molecule has 2 N–H and O–H groups in total. The summed E-state index contributed by atoms with van der Waals surface area (Å²) in [6.07, 6.45) is 2.13. The molecule has 86 valence electrons. The highest BCUT2D eigenvalue weighted by atomic mass is 16.5. The second-order valence-corrected chi connectivity index (χ2v) is 4.59. The van der Waals surface area contributed by atoms with Crippen LogP contribution in [0.3, 0.4) is 0 Å². The second-order valence-electron chi connectivity index (χ2n) is 4.59. The Morgan fingerprint density at radius 1 is 1.14 bits per heavy atom. The van der Waals surface area contributed by atoms with Gasteiger partial charge in [-0.15, -0.1) is 0 Å². The Balaban J connectivity index is 4.56. The molecule has 0 bridgehead atoms. The van der Waals surface area contributed by atoms with E-state index < -0.39 is 0 Å². The molecule has 0 fully saturated rings. The fraction of sp³-hybridized carbons (Fsp3) is 1.00. The highest BCUT2D eigenvalue weighted by molar-refractivity contribution is 4.87. The molecule has 0 aliphatic rings. The van der Waals surface area contributed by atoms with Gasteiger partial charge in [0.25, 0.3) is 0 Å². The van der Waals surface area contributed by atoms with Crippen molar-refractivity contribution in [1.29, 1.82) is 0 Å². The molecule has 14 heavy (non-hydrogen) atoms. The van der Waals surface area contributed by atoms with Gasteiger partial charge < -0.3 is 10.5 Å². The fourth-order valence-corrected chi connectivity index (χ4v) is 2.30. The van der Waals surface area contributed by atoms with Crippen molar-refractivity contribution in [3.63, 3.8) is 0 Å². The van der Waals surface area contributed by atoms with E-state index in [9.17, 15) is 0 Å². The van der Waals surface area contributed by atoms with Crippen LogP contribution in [0, 0.1) is 11.8 Å². The standard InChI is InChI=1S/C12H27NO/c1-6-14-12(10(2)3,11(4)5)8-7-9-13/h10-11H,6-9,13H2,1-5H3. The molecule has 0 atom stereocenters. The first-order chi connectivity index (χ1) is 6.51. The zero-order chi connectivity index (χ0) is 11.2. The van der Waals surface area contributed by atoms with Crippen LogP contribution in [0.5, 0.6) is 0 Å². The molecule has 0 aromatic rings. The molecule has 2 heteroatoms. The Bertz CT molecular complexity index is 135. The van der Waals surface area contributed by atoms with Crippen molar-refractivity contribution in [1.82, 2.24) is 0 Å². The number of nitrogens with two attached hydrogens (primary N) is 1. The maximum absolute atomic E-state index is 6.00. The SMILES string of the molecule is CCOC(CCCN)(C(C)C)C(C)C. The van der Waals surface area contributed by atoms with Crippen molar-refractivity contribution in [2.24, 2.45) is 17.6 Å². The number of hydrogen-bond acceptors (Lipinski definition) is 2. The van der Waals surface area contributed by atoms with Crippen LogP contribution >= 0.6 is 0 Å². The molecule has 0 spiro atoms. The largest absolute Gasteiger partial charge is 0.375 e. The summed E-state index contributed by atoms with van der Waals surface area (Å²) in [5, 5.41) is 0. The van der Waals surface area contributed by atoms with E-state index in [1.807, 2.05) is 0 Å². The lowest BCUT2D eigenvalue weighted by Gasteiger charge is -2.41. The van der Waals surface area contributed by atoms with Crippen molar-refractivity contribution in [3.05, 3.63) is 0 Å². The molecule has 0 aromatic carbocycles. The van der Waals surface area contributed by atoms with Crippen molar-refractivity contribution in [3.8, 4) is 0 Å². The van der Waals surface area contributed by atoms with Crippen LogP contribution in [0.4, 0.5) is 0 Å². The van der Waals surface area contributed by atoms with Gasteiger partial charge >= 0.3 is 0 Å². The zero-order valence-corrected chi connectivity index (χ0v) is 10.5. The molecule has 0 aliphatic heterocycles. The minimum Gasteiger partial charge on any atom is -0.375 e. The summed E-state index contributed by atoms with van der Waals surface area (Å²) in [4.78, 5) is 0. The fourth-order valence-electron chi connectivity index (χ4n) is 2.30. The molecule has 0 heterocycles. The number of rotatable bonds is 7. The summed E-state index contributed by atoms with van der Waals surface area (Å²) in [5.74, 6) is 1.10. The first-order valence-corrected chi connectivity index (χ1v) is 5.85. The quantitative estimate of drug-likeness (QED) is 0.687. The van der Waals surface area contributed by atoms with Crippen LogP contribution in [0.2, 0.25) is 0 Å². The highest BCUT2D eigenvalue weighted by Crippen LogP contribution is 2.34. The molecule has 0 aromatic heterocycles. The van der Waals surface area contributed by atoms with Gasteiger partial charge in [0.2, 0.25) is 0 Å². The van der Waals surface area contributed by atoms with Crippen LogP contribution in [0.15, 0.2) is 0 Å². The van der Waals surface area contributed by atoms with Gasteiger partial charge in [-0.3, -0.25) is 0 Å². The molecule has 0 radical (unpaired) electrons. The van der Waals surface area contributed by atoms with Gasteiger partial charge in [-0.25, -0.2) is 0 Å². The van der Waals surface area contributed by atoms with Gasteiger partial charge in [0.1, 0.15) is 0 Å². The summed E-state index contributed by atoms with van der Waals surface area (Å²) in [7, 11) is 0. The van der Waals surface area contributed by atoms with Gasteiger partial charge in [-0.2, -0.15) is 0 Å². The summed E-state index contributed by atoms with van der Waals surface area (Å²) < 4.78 is 6.00. The second kappa shape index (κ2) is 6.41. The normalized spacial score (nSPS) is 12.9. The first-order valence-electron chi connectivity index (χ1n) is 5.85. The van der Waals surface area contributed by atoms with E-state index in [0.717, 1.165) is 26.0 Å². The lowest BCUT2D eigenvalue weighted by molar-refractivity contribution is -0.111. The van der Waals surface area contributed by atoms with Gasteiger partial charge in [-0.1, -0.05) is 27.7 Å². The van der Waals surface area contributed by atoms with E-state index in [1.165, 1.54) is 0 Å². The topological polar surface area (TPSA) is 35.2 Å². The van der Waals surface area contributed by atoms with Gasteiger partial charge in [0.15, 0.2) is 0 Å². The van der Waals surface area contributed by atoms with Crippen LogP contribution in [-0.4, -0.2) is 18.8 Å². The van der Waals surface area contributed by atoms with Crippen molar-refractivity contribution < 1.29 is 4.74 Å². The predicted molar refractivity (Wildman–Crippen MR) is 62.3 cm³/mol. The van der Waals surface area contributed by atoms with Crippen molar-refractivity contribution >= 4 is 0 Å². The van der Waals surface area contributed by atoms with Crippen LogP contribution < -0.4 is 5.73 Å². The molecule has 0 saturated heterocycles. The monoisotopic (exact) mass is 201 g/mol. The average Bonchev–Trinajstić information content (AvgIpc) is 2.11. The van der Waals surface area contributed by atoms with Crippen molar-refractivity contribution in [2.75, 3.05) is 13.2 Å². The molecular weight excluding hydrogens is 174 g/mol. The third-order valence-corrected chi connectivity index (χ3v) is 3.14. The van der Waals surface area contributed by atoms with E-state index in [0.29, 0.717) is 11.8 Å². The molecular formula is C12H27NO. The Hall–Kier alpha value is -0.0800. The highest BCUT2D eigenvalue weighted by Gasteiger charge is 2.36. The minimum atomic E-state index is 0.0219. The third-order valence-electron chi connectivity index (χ3n) is 3.14. The van der Waals surface area contributed by atoms with E-state index >= 15 is 0 Å². The summed E-state index contributed by atoms with van der Waals surface area (Å²) in [6.45, 7) is 12.6. The molecule has 2 nitrogen and oxygen atoms in total. The predicted octanol–water partition coefficient (Wildman–Crippen LogP) is 2.81. The van der Waals surface area contributed by atoms with Crippen LogP contribution in [-0.2, 0) is 4.74 Å². The molecule has 0 rings (SSSR count). The average molecular weight is 201 g/mol. The Kier molecular flexibility index (Phi) is 6.38. The molecule has 0 unspecified atom stereocenters. The maximum atomic E-state index is 6.00. The first kappa shape index (κ1) is 13.9. The summed E-state index contributed by atoms with van der Waals surface area (Å²) in [6, 6.07) is 0.